The lowest BCUT2D eigenvalue weighted by molar-refractivity contribution is 0.409. The van der Waals surface area contributed by atoms with Crippen molar-refractivity contribution in [1.82, 2.24) is 20.2 Å². The van der Waals surface area contributed by atoms with Gasteiger partial charge in [0.1, 0.15) is 0 Å². The van der Waals surface area contributed by atoms with Gasteiger partial charge in [0.2, 0.25) is 16.4 Å². The summed E-state index contributed by atoms with van der Waals surface area (Å²) >= 11 is 0. The van der Waals surface area contributed by atoms with Gasteiger partial charge in [-0.15, -0.1) is 0 Å². The zero-order valence-electron chi connectivity index (χ0n) is 10.6. The number of aromatic nitrogens is 2. The van der Waals surface area contributed by atoms with Crippen molar-refractivity contribution >= 4 is 10.0 Å². The number of nitrogens with one attached hydrogen (secondary N) is 2. The molecule has 0 atom stereocenters. The van der Waals surface area contributed by atoms with Gasteiger partial charge in [0.05, 0.1) is 12.3 Å². The summed E-state index contributed by atoms with van der Waals surface area (Å²) in [5.74, 6) is 0.460. The third-order valence-corrected chi connectivity index (χ3v) is 3.71. The first-order valence-corrected chi connectivity index (χ1v) is 7.72. The molecule has 18 heavy (non-hydrogen) atoms. The molecule has 0 saturated carbocycles. The van der Waals surface area contributed by atoms with Crippen molar-refractivity contribution in [2.45, 2.75) is 32.7 Å². The number of hydrogen-bond acceptors (Lipinski definition) is 6. The molecular weight excluding hydrogens is 256 g/mol. The van der Waals surface area contributed by atoms with Gasteiger partial charge in [-0.3, -0.25) is 0 Å². The van der Waals surface area contributed by atoms with Crippen molar-refractivity contribution in [1.29, 1.82) is 0 Å². The van der Waals surface area contributed by atoms with Crippen molar-refractivity contribution in [3.63, 3.8) is 0 Å². The Balaban J connectivity index is 2.12. The van der Waals surface area contributed by atoms with E-state index < -0.39 is 10.0 Å². The fourth-order valence-corrected chi connectivity index (χ4v) is 2.44. The van der Waals surface area contributed by atoms with Crippen LogP contribution in [0.3, 0.4) is 0 Å². The molecule has 0 aliphatic carbocycles. The minimum atomic E-state index is -3.25. The summed E-state index contributed by atoms with van der Waals surface area (Å²) in [7, 11) is -3.25. The Morgan fingerprint density at radius 2 is 2.17 bits per heavy atom. The highest BCUT2D eigenvalue weighted by Crippen LogP contribution is 1.96. The normalized spacial score (nSPS) is 11.8. The molecule has 0 amide bonds. The van der Waals surface area contributed by atoms with E-state index in [0.717, 1.165) is 25.9 Å². The van der Waals surface area contributed by atoms with E-state index in [4.69, 9.17) is 0 Å². The molecule has 1 rings (SSSR count). The van der Waals surface area contributed by atoms with Gasteiger partial charge in [0.25, 0.3) is 0 Å². The topological polar surface area (TPSA) is 97.1 Å². The Morgan fingerprint density at radius 3 is 2.83 bits per heavy atom. The first kappa shape index (κ1) is 15.1. The van der Waals surface area contributed by atoms with E-state index in [-0.39, 0.29) is 12.3 Å². The van der Waals surface area contributed by atoms with Crippen LogP contribution in [0.4, 0.5) is 0 Å². The average Bonchev–Trinajstić information content (AvgIpc) is 2.84. The fraction of sp³-hybridized carbons (Fsp3) is 0.800. The molecule has 0 aliphatic rings. The van der Waals surface area contributed by atoms with E-state index in [1.54, 1.807) is 0 Å². The molecule has 1 heterocycles. The lowest BCUT2D eigenvalue weighted by Gasteiger charge is -2.05. The summed E-state index contributed by atoms with van der Waals surface area (Å²) in [6.45, 7) is 4.00. The summed E-state index contributed by atoms with van der Waals surface area (Å²) in [4.78, 5) is 3.73. The van der Waals surface area contributed by atoms with Crippen LogP contribution in [-0.4, -0.2) is 37.4 Å². The smallest absolute Gasteiger partial charge is 0.213 e. The van der Waals surface area contributed by atoms with Gasteiger partial charge in [-0.2, -0.15) is 4.98 Å². The molecule has 0 spiro atoms. The standard InChI is InChI=1S/C10H20N4O3S/c1-2-5-11-6-3-4-7-18(15,16)13-8-10-12-9-17-14-10/h9,11,13H,2-8H2,1H3. The maximum atomic E-state index is 11.6. The van der Waals surface area contributed by atoms with Gasteiger partial charge in [-0.1, -0.05) is 12.1 Å². The van der Waals surface area contributed by atoms with E-state index in [1.807, 2.05) is 0 Å². The molecule has 0 radical (unpaired) electrons. The van der Waals surface area contributed by atoms with E-state index >= 15 is 0 Å². The monoisotopic (exact) mass is 276 g/mol. The molecule has 0 aromatic carbocycles. The molecule has 0 unspecified atom stereocenters. The fourth-order valence-electron chi connectivity index (χ4n) is 1.36. The molecule has 104 valence electrons. The number of nitrogens with zero attached hydrogens (tertiary/aromatic N) is 2. The maximum absolute atomic E-state index is 11.6. The van der Waals surface area contributed by atoms with Crippen LogP contribution in [0.15, 0.2) is 10.9 Å². The molecule has 0 aliphatic heterocycles. The number of sulfonamides is 1. The second-order valence-corrected chi connectivity index (χ2v) is 5.87. The lowest BCUT2D eigenvalue weighted by atomic mass is 10.3. The second-order valence-electron chi connectivity index (χ2n) is 3.94. The largest absolute Gasteiger partial charge is 0.343 e. The Labute approximate surface area is 107 Å². The SMILES string of the molecule is CCCNCCCCS(=O)(=O)NCc1ncon1. The predicted octanol–water partition coefficient (Wildman–Crippen LogP) is 0.269. The van der Waals surface area contributed by atoms with Crippen molar-refractivity contribution in [2.75, 3.05) is 18.8 Å². The van der Waals surface area contributed by atoms with Gasteiger partial charge in [-0.25, -0.2) is 13.1 Å². The first-order chi connectivity index (χ1) is 8.64. The summed E-state index contributed by atoms with van der Waals surface area (Å²) in [5, 5.41) is 6.75. The predicted molar refractivity (Wildman–Crippen MR) is 67.3 cm³/mol. The van der Waals surface area contributed by atoms with Crippen molar-refractivity contribution in [3.8, 4) is 0 Å². The minimum Gasteiger partial charge on any atom is -0.343 e. The molecule has 0 bridgehead atoms. The van der Waals surface area contributed by atoms with Gasteiger partial charge in [0, 0.05) is 0 Å². The Bertz CT molecular complexity index is 405. The molecule has 8 heteroatoms. The van der Waals surface area contributed by atoms with Gasteiger partial charge in [0.15, 0.2) is 5.82 Å². The van der Waals surface area contributed by atoms with Crippen molar-refractivity contribution in [2.24, 2.45) is 0 Å². The van der Waals surface area contributed by atoms with Crippen molar-refractivity contribution in [3.05, 3.63) is 12.2 Å². The quantitative estimate of drug-likeness (QED) is 0.595. The van der Waals surface area contributed by atoms with Crippen LogP contribution in [0.1, 0.15) is 32.0 Å². The third kappa shape index (κ3) is 6.67. The van der Waals surface area contributed by atoms with Gasteiger partial charge >= 0.3 is 0 Å². The zero-order chi connectivity index (χ0) is 13.3. The maximum Gasteiger partial charge on any atom is 0.213 e. The molecule has 1 aromatic heterocycles. The molecule has 7 nitrogen and oxygen atoms in total. The Kier molecular flexibility index (Phi) is 6.84. The van der Waals surface area contributed by atoms with Crippen LogP contribution in [-0.2, 0) is 16.6 Å². The van der Waals surface area contributed by atoms with Crippen LogP contribution >= 0.6 is 0 Å². The number of unbranched alkanes of at least 4 members (excludes halogenated alkanes) is 1. The van der Waals surface area contributed by atoms with Crippen LogP contribution < -0.4 is 10.0 Å². The van der Waals surface area contributed by atoms with Crippen molar-refractivity contribution < 1.29 is 12.9 Å². The Morgan fingerprint density at radius 1 is 1.33 bits per heavy atom. The average molecular weight is 276 g/mol. The summed E-state index contributed by atoms with van der Waals surface area (Å²) in [5.41, 5.74) is 0. The van der Waals surface area contributed by atoms with E-state index in [9.17, 15) is 8.42 Å². The number of rotatable bonds is 10. The Hall–Kier alpha value is -0.990. The molecular formula is C10H20N4O3S. The van der Waals surface area contributed by atoms with Crippen LogP contribution in [0.2, 0.25) is 0 Å². The first-order valence-electron chi connectivity index (χ1n) is 6.07. The highest BCUT2D eigenvalue weighted by molar-refractivity contribution is 7.89. The van der Waals surface area contributed by atoms with E-state index in [0.29, 0.717) is 12.2 Å². The highest BCUT2D eigenvalue weighted by atomic mass is 32.2. The van der Waals surface area contributed by atoms with Crippen LogP contribution in [0.5, 0.6) is 0 Å². The lowest BCUT2D eigenvalue weighted by Crippen LogP contribution is -2.27. The minimum absolute atomic E-state index is 0.0763. The van der Waals surface area contributed by atoms with Gasteiger partial charge < -0.3 is 9.84 Å². The third-order valence-electron chi connectivity index (χ3n) is 2.30. The molecule has 2 N–H and O–H groups in total. The summed E-state index contributed by atoms with van der Waals surface area (Å²) < 4.78 is 30.1. The molecule has 0 saturated heterocycles. The molecule has 0 fully saturated rings. The van der Waals surface area contributed by atoms with Gasteiger partial charge in [-0.05, 0) is 32.4 Å². The van der Waals surface area contributed by atoms with Crippen LogP contribution in [0.25, 0.3) is 0 Å². The molecule has 1 aromatic rings. The highest BCUT2D eigenvalue weighted by Gasteiger charge is 2.10. The zero-order valence-corrected chi connectivity index (χ0v) is 11.4. The second kappa shape index (κ2) is 8.17. The summed E-state index contributed by atoms with van der Waals surface area (Å²) in [6, 6.07) is 0. The number of hydrogen-bond donors (Lipinski definition) is 2. The van der Waals surface area contributed by atoms with E-state index in [1.165, 1.54) is 6.39 Å². The summed E-state index contributed by atoms with van der Waals surface area (Å²) in [6.07, 6.45) is 3.75. The van der Waals surface area contributed by atoms with E-state index in [2.05, 4.69) is 31.6 Å². The van der Waals surface area contributed by atoms with Crippen LogP contribution in [0, 0.1) is 0 Å².